The molecule has 0 aliphatic rings. The fourth-order valence-corrected chi connectivity index (χ4v) is 1.64. The van der Waals surface area contributed by atoms with Crippen LogP contribution >= 0.6 is 0 Å². The standard InChI is InChI=1S/C11H11N7O4/c1-16(2)11-14-9(13-10(12)15-11)6-3-7(17(19)20)5-8(4-6)18(21)22/h3-5H,1-2H3,(H2,12,13,14,15). The van der Waals surface area contributed by atoms with Crippen LogP contribution < -0.4 is 10.6 Å². The molecule has 11 heteroatoms. The predicted molar refractivity (Wildman–Crippen MR) is 77.3 cm³/mol. The van der Waals surface area contributed by atoms with Crippen molar-refractivity contribution in [3.05, 3.63) is 38.4 Å². The molecule has 0 fully saturated rings. The van der Waals surface area contributed by atoms with Crippen molar-refractivity contribution in [2.24, 2.45) is 0 Å². The number of benzene rings is 1. The molecule has 0 aliphatic carbocycles. The minimum absolute atomic E-state index is 0.0167. The van der Waals surface area contributed by atoms with Gasteiger partial charge in [0.15, 0.2) is 5.82 Å². The summed E-state index contributed by atoms with van der Waals surface area (Å²) < 4.78 is 0. The van der Waals surface area contributed by atoms with Crippen molar-refractivity contribution in [1.29, 1.82) is 0 Å². The van der Waals surface area contributed by atoms with Crippen molar-refractivity contribution in [3.8, 4) is 11.4 Å². The number of nitrogens with two attached hydrogens (primary N) is 1. The summed E-state index contributed by atoms with van der Waals surface area (Å²) in [6.07, 6.45) is 0. The van der Waals surface area contributed by atoms with Gasteiger partial charge in [-0.1, -0.05) is 0 Å². The summed E-state index contributed by atoms with van der Waals surface area (Å²) >= 11 is 0. The zero-order valence-corrected chi connectivity index (χ0v) is 11.6. The highest BCUT2D eigenvalue weighted by Gasteiger charge is 2.19. The molecule has 114 valence electrons. The lowest BCUT2D eigenvalue weighted by Crippen LogP contribution is -2.15. The molecular weight excluding hydrogens is 294 g/mol. The maximum absolute atomic E-state index is 10.9. The van der Waals surface area contributed by atoms with E-state index < -0.39 is 21.2 Å². The molecule has 0 spiro atoms. The molecule has 0 atom stereocenters. The summed E-state index contributed by atoms with van der Waals surface area (Å²) in [5.41, 5.74) is 4.81. The Bertz CT molecular complexity index is 730. The van der Waals surface area contributed by atoms with Crippen molar-refractivity contribution in [1.82, 2.24) is 15.0 Å². The zero-order valence-electron chi connectivity index (χ0n) is 11.6. The second kappa shape index (κ2) is 5.55. The van der Waals surface area contributed by atoms with Gasteiger partial charge in [-0.05, 0) is 0 Å². The quantitative estimate of drug-likeness (QED) is 0.643. The number of hydrogen-bond acceptors (Lipinski definition) is 9. The van der Waals surface area contributed by atoms with Crippen LogP contribution in [0, 0.1) is 20.2 Å². The summed E-state index contributed by atoms with van der Waals surface area (Å²) in [7, 11) is 3.35. The molecule has 2 rings (SSSR count). The number of nitrogen functional groups attached to an aromatic ring is 1. The van der Waals surface area contributed by atoms with Crippen LogP contribution in [0.1, 0.15) is 0 Å². The lowest BCUT2D eigenvalue weighted by atomic mass is 10.1. The molecule has 1 aromatic carbocycles. The highest BCUT2D eigenvalue weighted by atomic mass is 16.6. The number of anilines is 2. The number of nitrogens with zero attached hydrogens (tertiary/aromatic N) is 6. The number of rotatable bonds is 4. The molecule has 1 heterocycles. The van der Waals surface area contributed by atoms with Crippen molar-refractivity contribution in [3.63, 3.8) is 0 Å². The first-order valence-electron chi connectivity index (χ1n) is 5.91. The highest BCUT2D eigenvalue weighted by Crippen LogP contribution is 2.28. The third-order valence-electron chi connectivity index (χ3n) is 2.62. The Morgan fingerprint density at radius 2 is 1.55 bits per heavy atom. The van der Waals surface area contributed by atoms with Gasteiger partial charge in [0.2, 0.25) is 11.9 Å². The van der Waals surface area contributed by atoms with Crippen LogP contribution in [0.2, 0.25) is 0 Å². The minimum Gasteiger partial charge on any atom is -0.368 e. The molecule has 22 heavy (non-hydrogen) atoms. The molecule has 0 amide bonds. The molecule has 1 aromatic heterocycles. The molecule has 0 saturated carbocycles. The Balaban J connectivity index is 2.66. The number of nitro groups is 2. The Hall–Kier alpha value is -3.37. The number of nitro benzene ring substituents is 2. The van der Waals surface area contributed by atoms with E-state index in [4.69, 9.17) is 5.73 Å². The Morgan fingerprint density at radius 1 is 1.00 bits per heavy atom. The fraction of sp³-hybridized carbons (Fsp3) is 0.182. The van der Waals surface area contributed by atoms with E-state index in [9.17, 15) is 20.2 Å². The first kappa shape index (κ1) is 15.0. The van der Waals surface area contributed by atoms with Gasteiger partial charge in [0.05, 0.1) is 15.9 Å². The molecule has 0 bridgehead atoms. The van der Waals surface area contributed by atoms with Crippen LogP contribution in [-0.2, 0) is 0 Å². The van der Waals surface area contributed by atoms with Crippen molar-refractivity contribution >= 4 is 23.3 Å². The molecule has 11 nitrogen and oxygen atoms in total. The third kappa shape index (κ3) is 3.03. The predicted octanol–water partition coefficient (Wildman–Crippen LogP) is 1.00. The van der Waals surface area contributed by atoms with Crippen LogP contribution in [-0.4, -0.2) is 38.9 Å². The maximum atomic E-state index is 10.9. The summed E-state index contributed by atoms with van der Waals surface area (Å²) in [5, 5.41) is 21.8. The summed E-state index contributed by atoms with van der Waals surface area (Å²) in [4.78, 5) is 33.7. The number of non-ortho nitro benzene ring substituents is 2. The normalized spacial score (nSPS) is 10.3. The van der Waals surface area contributed by atoms with Crippen LogP contribution in [0.4, 0.5) is 23.3 Å². The molecule has 2 aromatic rings. The second-order valence-corrected chi connectivity index (χ2v) is 4.46. The zero-order chi connectivity index (χ0) is 16.4. The van der Waals surface area contributed by atoms with Crippen LogP contribution in [0.25, 0.3) is 11.4 Å². The van der Waals surface area contributed by atoms with Crippen molar-refractivity contribution in [2.75, 3.05) is 24.7 Å². The monoisotopic (exact) mass is 305 g/mol. The van der Waals surface area contributed by atoms with E-state index in [2.05, 4.69) is 15.0 Å². The van der Waals surface area contributed by atoms with Crippen molar-refractivity contribution in [2.45, 2.75) is 0 Å². The molecule has 0 radical (unpaired) electrons. The van der Waals surface area contributed by atoms with E-state index in [1.807, 2.05) is 0 Å². The van der Waals surface area contributed by atoms with Gasteiger partial charge in [-0.15, -0.1) is 0 Å². The van der Waals surface area contributed by atoms with Gasteiger partial charge >= 0.3 is 0 Å². The second-order valence-electron chi connectivity index (χ2n) is 4.46. The molecule has 0 aliphatic heterocycles. The van der Waals surface area contributed by atoms with Gasteiger partial charge < -0.3 is 10.6 Å². The fourth-order valence-electron chi connectivity index (χ4n) is 1.64. The first-order chi connectivity index (χ1) is 10.3. The number of hydrogen-bond donors (Lipinski definition) is 1. The molecule has 0 unspecified atom stereocenters. The van der Waals surface area contributed by atoms with Gasteiger partial charge in [0.1, 0.15) is 0 Å². The van der Waals surface area contributed by atoms with E-state index in [0.717, 1.165) is 18.2 Å². The average Bonchev–Trinajstić information content (AvgIpc) is 2.45. The average molecular weight is 305 g/mol. The van der Waals surface area contributed by atoms with Crippen molar-refractivity contribution < 1.29 is 9.85 Å². The van der Waals surface area contributed by atoms with Gasteiger partial charge in [0.25, 0.3) is 11.4 Å². The highest BCUT2D eigenvalue weighted by molar-refractivity contribution is 5.65. The van der Waals surface area contributed by atoms with Gasteiger partial charge in [-0.25, -0.2) is 0 Å². The Labute approximate surface area is 123 Å². The van der Waals surface area contributed by atoms with Gasteiger partial charge in [-0.2, -0.15) is 15.0 Å². The van der Waals surface area contributed by atoms with Gasteiger partial charge in [-0.3, -0.25) is 20.2 Å². The molecular formula is C11H11N7O4. The van der Waals surface area contributed by atoms with E-state index >= 15 is 0 Å². The summed E-state index contributed by atoms with van der Waals surface area (Å²) in [6, 6.07) is 3.14. The van der Waals surface area contributed by atoms with E-state index in [-0.39, 0.29) is 23.3 Å². The molecule has 0 saturated heterocycles. The van der Waals surface area contributed by atoms with E-state index in [1.54, 1.807) is 19.0 Å². The van der Waals surface area contributed by atoms with Crippen LogP contribution in [0.5, 0.6) is 0 Å². The van der Waals surface area contributed by atoms with Crippen LogP contribution in [0.3, 0.4) is 0 Å². The first-order valence-corrected chi connectivity index (χ1v) is 5.91. The Kier molecular flexibility index (Phi) is 3.79. The summed E-state index contributed by atoms with van der Waals surface area (Å²) in [5.74, 6) is 0.155. The lowest BCUT2D eigenvalue weighted by molar-refractivity contribution is -0.394. The topological polar surface area (TPSA) is 154 Å². The largest absolute Gasteiger partial charge is 0.368 e. The third-order valence-corrected chi connectivity index (χ3v) is 2.62. The smallest absolute Gasteiger partial charge is 0.277 e. The van der Waals surface area contributed by atoms with Gasteiger partial charge in [0, 0.05) is 31.8 Å². The summed E-state index contributed by atoms with van der Waals surface area (Å²) in [6.45, 7) is 0. The lowest BCUT2D eigenvalue weighted by Gasteiger charge is -2.11. The SMILES string of the molecule is CN(C)c1nc(N)nc(-c2cc([N+](=O)[O-])cc([N+](=O)[O-])c2)n1. The minimum atomic E-state index is -0.728. The van der Waals surface area contributed by atoms with Crippen LogP contribution in [0.15, 0.2) is 18.2 Å². The van der Waals surface area contributed by atoms with E-state index in [1.165, 1.54) is 0 Å². The van der Waals surface area contributed by atoms with E-state index in [0.29, 0.717) is 0 Å². The number of aromatic nitrogens is 3. The maximum Gasteiger partial charge on any atom is 0.277 e. The Morgan fingerprint density at radius 3 is 2.00 bits per heavy atom. The molecule has 2 N–H and O–H groups in total.